The molecule has 112 valence electrons. The summed E-state index contributed by atoms with van der Waals surface area (Å²) < 4.78 is 0. The molecule has 3 rings (SSSR count). The van der Waals surface area contributed by atoms with Gasteiger partial charge in [0.25, 0.3) is 5.91 Å². The minimum atomic E-state index is -0.0209. The van der Waals surface area contributed by atoms with Crippen LogP contribution in [-0.2, 0) is 0 Å². The predicted molar refractivity (Wildman–Crippen MR) is 85.3 cm³/mol. The lowest BCUT2D eigenvalue weighted by Gasteiger charge is -2.14. The van der Waals surface area contributed by atoms with Crippen molar-refractivity contribution in [3.8, 4) is 0 Å². The van der Waals surface area contributed by atoms with Crippen LogP contribution >= 0.6 is 0 Å². The molecule has 5 heteroatoms. The zero-order valence-electron chi connectivity index (χ0n) is 12.2. The first-order valence-electron chi connectivity index (χ1n) is 7.61. The van der Waals surface area contributed by atoms with Crippen LogP contribution in [0, 0.1) is 0 Å². The van der Waals surface area contributed by atoms with Crippen LogP contribution in [0.4, 0.5) is 5.69 Å². The number of aromatic amines is 1. The molecule has 1 aromatic carbocycles. The zero-order chi connectivity index (χ0) is 14.7. The quantitative estimate of drug-likeness (QED) is 0.581. The van der Waals surface area contributed by atoms with Crippen molar-refractivity contribution in [2.75, 3.05) is 31.9 Å². The minimum absolute atomic E-state index is 0.0209. The van der Waals surface area contributed by atoms with Gasteiger partial charge in [0.05, 0.1) is 5.56 Å². The number of nitrogens with two attached hydrogens (primary N) is 1. The number of benzene rings is 1. The highest BCUT2D eigenvalue weighted by atomic mass is 16.1. The highest BCUT2D eigenvalue weighted by Crippen LogP contribution is 2.20. The Balaban J connectivity index is 1.54. The molecular weight excluding hydrogens is 264 g/mol. The molecular formula is C16H22N4O. The second kappa shape index (κ2) is 6.18. The van der Waals surface area contributed by atoms with Crippen LogP contribution in [-0.4, -0.2) is 42.0 Å². The highest BCUT2D eigenvalue weighted by molar-refractivity contribution is 6.07. The molecule has 1 fully saturated rings. The second-order valence-corrected chi connectivity index (χ2v) is 5.67. The molecule has 1 aliphatic rings. The molecule has 0 radical (unpaired) electrons. The average Bonchev–Trinajstić information content (AvgIpc) is 3.12. The fourth-order valence-electron chi connectivity index (χ4n) is 2.94. The van der Waals surface area contributed by atoms with Gasteiger partial charge in [0.2, 0.25) is 0 Å². The summed E-state index contributed by atoms with van der Waals surface area (Å²) in [5.74, 6) is -0.0209. The van der Waals surface area contributed by atoms with Crippen LogP contribution in [0.5, 0.6) is 0 Å². The summed E-state index contributed by atoms with van der Waals surface area (Å²) in [5.41, 5.74) is 8.02. The average molecular weight is 286 g/mol. The molecule has 0 unspecified atom stereocenters. The molecule has 2 heterocycles. The summed E-state index contributed by atoms with van der Waals surface area (Å²) in [7, 11) is 0. The van der Waals surface area contributed by atoms with E-state index in [1.54, 1.807) is 6.20 Å². The third-order valence-electron chi connectivity index (χ3n) is 4.09. The molecule has 0 atom stereocenters. The number of likely N-dealkylation sites (tertiary alicyclic amines) is 1. The number of fused-ring (bicyclic) bond motifs is 1. The Labute approximate surface area is 124 Å². The van der Waals surface area contributed by atoms with E-state index in [0.29, 0.717) is 11.3 Å². The molecule has 1 aliphatic heterocycles. The third kappa shape index (κ3) is 3.19. The van der Waals surface area contributed by atoms with Gasteiger partial charge in [0.1, 0.15) is 0 Å². The zero-order valence-corrected chi connectivity index (χ0v) is 12.2. The summed E-state index contributed by atoms with van der Waals surface area (Å²) in [4.78, 5) is 17.8. The topological polar surface area (TPSA) is 74.2 Å². The number of carbonyl (C=O) groups is 1. The number of hydrogen-bond donors (Lipinski definition) is 3. The fourth-order valence-corrected chi connectivity index (χ4v) is 2.94. The second-order valence-electron chi connectivity index (χ2n) is 5.67. The van der Waals surface area contributed by atoms with E-state index in [0.717, 1.165) is 30.4 Å². The molecule has 0 aliphatic carbocycles. The van der Waals surface area contributed by atoms with Crippen molar-refractivity contribution < 1.29 is 4.79 Å². The molecule has 1 amide bonds. The van der Waals surface area contributed by atoms with E-state index in [9.17, 15) is 4.79 Å². The molecule has 1 aromatic heterocycles. The van der Waals surface area contributed by atoms with E-state index in [4.69, 9.17) is 5.73 Å². The third-order valence-corrected chi connectivity index (χ3v) is 4.09. The van der Waals surface area contributed by atoms with Crippen molar-refractivity contribution in [3.05, 3.63) is 30.0 Å². The lowest BCUT2D eigenvalue weighted by atomic mass is 10.1. The van der Waals surface area contributed by atoms with E-state index in [1.165, 1.54) is 25.9 Å². The van der Waals surface area contributed by atoms with Gasteiger partial charge in [-0.3, -0.25) is 4.79 Å². The van der Waals surface area contributed by atoms with Gasteiger partial charge in [-0.25, -0.2) is 0 Å². The standard InChI is InChI=1S/C16H22N4O/c17-12-4-5-13-14(11-19-15(13)10-12)16(21)18-6-3-9-20-7-1-2-8-20/h4-5,10-11,19H,1-3,6-9,17H2,(H,18,21). The monoisotopic (exact) mass is 286 g/mol. The normalized spacial score (nSPS) is 15.6. The number of carbonyl (C=O) groups excluding carboxylic acids is 1. The number of amides is 1. The summed E-state index contributed by atoms with van der Waals surface area (Å²) in [6.07, 6.45) is 5.37. The van der Waals surface area contributed by atoms with Crippen LogP contribution < -0.4 is 11.1 Å². The van der Waals surface area contributed by atoms with Crippen molar-refractivity contribution in [1.82, 2.24) is 15.2 Å². The van der Waals surface area contributed by atoms with Crippen LogP contribution in [0.3, 0.4) is 0 Å². The van der Waals surface area contributed by atoms with Crippen molar-refractivity contribution in [3.63, 3.8) is 0 Å². The van der Waals surface area contributed by atoms with Crippen LogP contribution in [0.15, 0.2) is 24.4 Å². The summed E-state index contributed by atoms with van der Waals surface area (Å²) in [6.45, 7) is 4.21. The lowest BCUT2D eigenvalue weighted by molar-refractivity contribution is 0.0953. The van der Waals surface area contributed by atoms with E-state index in [1.807, 2.05) is 18.2 Å². The number of anilines is 1. The van der Waals surface area contributed by atoms with Gasteiger partial charge in [-0.2, -0.15) is 0 Å². The number of aromatic nitrogens is 1. The first-order chi connectivity index (χ1) is 10.2. The van der Waals surface area contributed by atoms with Crippen LogP contribution in [0.25, 0.3) is 10.9 Å². The minimum Gasteiger partial charge on any atom is -0.399 e. The van der Waals surface area contributed by atoms with Gasteiger partial charge < -0.3 is 20.9 Å². The highest BCUT2D eigenvalue weighted by Gasteiger charge is 2.13. The van der Waals surface area contributed by atoms with Gasteiger partial charge in [0, 0.05) is 29.3 Å². The van der Waals surface area contributed by atoms with E-state index in [2.05, 4.69) is 15.2 Å². The number of rotatable bonds is 5. The van der Waals surface area contributed by atoms with Gasteiger partial charge >= 0.3 is 0 Å². The molecule has 21 heavy (non-hydrogen) atoms. The molecule has 0 saturated carbocycles. The van der Waals surface area contributed by atoms with E-state index < -0.39 is 0 Å². The Morgan fingerprint density at radius 2 is 2.14 bits per heavy atom. The Kier molecular flexibility index (Phi) is 4.10. The largest absolute Gasteiger partial charge is 0.399 e. The van der Waals surface area contributed by atoms with Crippen LogP contribution in [0.2, 0.25) is 0 Å². The van der Waals surface area contributed by atoms with E-state index >= 15 is 0 Å². The molecule has 2 aromatic rings. The SMILES string of the molecule is Nc1ccc2c(C(=O)NCCCN3CCCC3)c[nH]c2c1. The van der Waals surface area contributed by atoms with Crippen molar-refractivity contribution >= 4 is 22.5 Å². The fraction of sp³-hybridized carbons (Fsp3) is 0.438. The molecule has 4 N–H and O–H groups in total. The van der Waals surface area contributed by atoms with Gasteiger partial charge in [-0.1, -0.05) is 0 Å². The molecule has 1 saturated heterocycles. The molecule has 0 bridgehead atoms. The number of H-pyrrole nitrogens is 1. The molecule has 5 nitrogen and oxygen atoms in total. The number of nitrogens with one attached hydrogen (secondary N) is 2. The number of nitrogen functional groups attached to an aromatic ring is 1. The Morgan fingerprint density at radius 3 is 2.95 bits per heavy atom. The van der Waals surface area contributed by atoms with Crippen molar-refractivity contribution in [2.24, 2.45) is 0 Å². The van der Waals surface area contributed by atoms with Crippen LogP contribution in [0.1, 0.15) is 29.6 Å². The van der Waals surface area contributed by atoms with Gasteiger partial charge in [-0.05, 0) is 57.1 Å². The number of nitrogens with zero attached hydrogens (tertiary/aromatic N) is 1. The van der Waals surface area contributed by atoms with Crippen molar-refractivity contribution in [2.45, 2.75) is 19.3 Å². The lowest BCUT2D eigenvalue weighted by Crippen LogP contribution is -2.28. The predicted octanol–water partition coefficient (Wildman–Crippen LogP) is 1.97. The Bertz CT molecular complexity index is 628. The maximum absolute atomic E-state index is 12.2. The Hall–Kier alpha value is -2.01. The summed E-state index contributed by atoms with van der Waals surface area (Å²) >= 11 is 0. The first-order valence-corrected chi connectivity index (χ1v) is 7.61. The van der Waals surface area contributed by atoms with Gasteiger partial charge in [0.15, 0.2) is 0 Å². The Morgan fingerprint density at radius 1 is 1.33 bits per heavy atom. The maximum Gasteiger partial charge on any atom is 0.253 e. The van der Waals surface area contributed by atoms with Gasteiger partial charge in [-0.15, -0.1) is 0 Å². The number of hydrogen-bond acceptors (Lipinski definition) is 3. The first kappa shape index (κ1) is 13.9. The van der Waals surface area contributed by atoms with E-state index in [-0.39, 0.29) is 5.91 Å². The molecule has 0 spiro atoms. The summed E-state index contributed by atoms with van der Waals surface area (Å²) in [5, 5.41) is 3.92. The van der Waals surface area contributed by atoms with Crippen molar-refractivity contribution in [1.29, 1.82) is 0 Å². The summed E-state index contributed by atoms with van der Waals surface area (Å²) in [6, 6.07) is 5.56. The maximum atomic E-state index is 12.2. The smallest absolute Gasteiger partial charge is 0.253 e.